The quantitative estimate of drug-likeness (QED) is 0.775. The van der Waals surface area contributed by atoms with Gasteiger partial charge in [-0.1, -0.05) is 6.92 Å². The van der Waals surface area contributed by atoms with Crippen molar-refractivity contribution in [1.82, 2.24) is 25.3 Å². The topological polar surface area (TPSA) is 69.7 Å². The van der Waals surface area contributed by atoms with E-state index in [9.17, 15) is 0 Å². The second kappa shape index (κ2) is 6.20. The summed E-state index contributed by atoms with van der Waals surface area (Å²) in [6, 6.07) is 6.53. The number of likely N-dealkylation sites (N-methyl/N-ethyl adjacent to an activating group) is 1. The Morgan fingerprint density at radius 2 is 2.17 bits per heavy atom. The van der Waals surface area contributed by atoms with Crippen molar-refractivity contribution < 1.29 is 0 Å². The van der Waals surface area contributed by atoms with Gasteiger partial charge < -0.3 is 15.2 Å². The highest BCUT2D eigenvalue weighted by Gasteiger charge is 2.26. The molecule has 1 fully saturated rings. The molecule has 3 aromatic heterocycles. The summed E-state index contributed by atoms with van der Waals surface area (Å²) >= 11 is 0. The fourth-order valence-electron chi connectivity index (χ4n) is 3.52. The van der Waals surface area contributed by atoms with E-state index in [-0.39, 0.29) is 0 Å². The highest BCUT2D eigenvalue weighted by atomic mass is 15.2. The highest BCUT2D eigenvalue weighted by molar-refractivity contribution is 5.92. The molecule has 0 spiro atoms. The molecule has 1 saturated heterocycles. The Bertz CT molecular complexity index is 842. The van der Waals surface area contributed by atoms with Crippen LogP contribution in [0.15, 0.2) is 36.9 Å². The Kier molecular flexibility index (Phi) is 3.90. The van der Waals surface area contributed by atoms with Crippen molar-refractivity contribution in [2.45, 2.75) is 19.4 Å². The fraction of sp³-hybridized carbons (Fsp3) is 0.389. The number of H-pyrrole nitrogens is 1. The second-order valence-corrected chi connectivity index (χ2v) is 6.51. The summed E-state index contributed by atoms with van der Waals surface area (Å²) in [5.74, 6) is 1.60. The van der Waals surface area contributed by atoms with Crippen LogP contribution in [-0.4, -0.2) is 46.1 Å². The van der Waals surface area contributed by atoms with E-state index in [1.165, 1.54) is 6.42 Å². The standard InChI is InChI=1S/C18H22N6/c1-12-5-7-19-10-16(12)24(2)17-8-15(22-11-23-17)14-9-21-18-13(14)4-3-6-20-18/h3-4,6,8-9,11-12,16,19H,5,7,10H2,1-2H3,(H,20,21). The molecule has 6 heteroatoms. The van der Waals surface area contributed by atoms with E-state index in [0.717, 1.165) is 41.2 Å². The Morgan fingerprint density at radius 3 is 3.04 bits per heavy atom. The van der Waals surface area contributed by atoms with E-state index in [2.05, 4.69) is 56.3 Å². The number of piperidine rings is 1. The third-order valence-electron chi connectivity index (χ3n) is 5.03. The Balaban J connectivity index is 1.68. The molecule has 0 saturated carbocycles. The van der Waals surface area contributed by atoms with Gasteiger partial charge in [-0.15, -0.1) is 0 Å². The maximum atomic E-state index is 4.50. The van der Waals surface area contributed by atoms with Gasteiger partial charge in [-0.3, -0.25) is 0 Å². The molecule has 0 aliphatic carbocycles. The molecule has 0 bridgehead atoms. The van der Waals surface area contributed by atoms with E-state index in [1.807, 2.05) is 12.3 Å². The maximum absolute atomic E-state index is 4.50. The average Bonchev–Trinajstić information content (AvgIpc) is 3.06. The van der Waals surface area contributed by atoms with Gasteiger partial charge in [0.2, 0.25) is 0 Å². The number of anilines is 1. The third kappa shape index (κ3) is 2.63. The zero-order valence-corrected chi connectivity index (χ0v) is 14.0. The van der Waals surface area contributed by atoms with E-state index >= 15 is 0 Å². The van der Waals surface area contributed by atoms with Gasteiger partial charge in [0.05, 0.1) is 5.69 Å². The third-order valence-corrected chi connectivity index (χ3v) is 5.03. The van der Waals surface area contributed by atoms with Crippen LogP contribution >= 0.6 is 0 Å². The van der Waals surface area contributed by atoms with E-state index in [0.29, 0.717) is 12.0 Å². The number of aromatic nitrogens is 4. The summed E-state index contributed by atoms with van der Waals surface area (Å²) in [6.07, 6.45) is 6.60. The molecule has 1 aliphatic heterocycles. The van der Waals surface area contributed by atoms with Crippen LogP contribution in [0.3, 0.4) is 0 Å². The molecule has 124 valence electrons. The second-order valence-electron chi connectivity index (χ2n) is 6.51. The van der Waals surface area contributed by atoms with Crippen LogP contribution in [0.1, 0.15) is 13.3 Å². The van der Waals surface area contributed by atoms with Crippen LogP contribution in [0.2, 0.25) is 0 Å². The highest BCUT2D eigenvalue weighted by Crippen LogP contribution is 2.28. The summed E-state index contributed by atoms with van der Waals surface area (Å²) in [5, 5.41) is 4.56. The van der Waals surface area contributed by atoms with Crippen LogP contribution in [0.5, 0.6) is 0 Å². The van der Waals surface area contributed by atoms with E-state index in [1.54, 1.807) is 12.5 Å². The van der Waals surface area contributed by atoms with Crippen molar-refractivity contribution in [1.29, 1.82) is 0 Å². The van der Waals surface area contributed by atoms with Crippen molar-refractivity contribution in [3.63, 3.8) is 0 Å². The normalized spacial score (nSPS) is 21.1. The molecule has 1 aliphatic rings. The first kappa shape index (κ1) is 15.1. The lowest BCUT2D eigenvalue weighted by molar-refractivity contribution is 0.337. The molecule has 0 radical (unpaired) electrons. The summed E-state index contributed by atoms with van der Waals surface area (Å²) in [4.78, 5) is 18.8. The molecule has 3 aromatic rings. The molecule has 2 atom stereocenters. The largest absolute Gasteiger partial charge is 0.355 e. The molecular formula is C18H22N6. The van der Waals surface area contributed by atoms with Gasteiger partial charge >= 0.3 is 0 Å². The van der Waals surface area contributed by atoms with Crippen LogP contribution < -0.4 is 10.2 Å². The smallest absolute Gasteiger partial charge is 0.137 e. The number of hydrogen-bond donors (Lipinski definition) is 2. The zero-order valence-electron chi connectivity index (χ0n) is 14.0. The van der Waals surface area contributed by atoms with Gasteiger partial charge in [-0.2, -0.15) is 0 Å². The molecule has 4 heterocycles. The van der Waals surface area contributed by atoms with Crippen molar-refractivity contribution >= 4 is 16.9 Å². The molecule has 2 unspecified atom stereocenters. The molecule has 6 nitrogen and oxygen atoms in total. The van der Waals surface area contributed by atoms with Gasteiger partial charge in [-0.05, 0) is 31.0 Å². The number of nitrogens with zero attached hydrogens (tertiary/aromatic N) is 4. The molecule has 0 aromatic carbocycles. The van der Waals surface area contributed by atoms with Crippen molar-refractivity contribution in [3.8, 4) is 11.3 Å². The number of aromatic amines is 1. The van der Waals surface area contributed by atoms with Gasteiger partial charge in [0.1, 0.15) is 17.8 Å². The minimum atomic E-state index is 0.450. The number of pyridine rings is 1. The lowest BCUT2D eigenvalue weighted by Gasteiger charge is -2.37. The lowest BCUT2D eigenvalue weighted by atomic mass is 9.93. The molecule has 2 N–H and O–H groups in total. The van der Waals surface area contributed by atoms with Gasteiger partial charge in [0.15, 0.2) is 0 Å². The predicted octanol–water partition coefficient (Wildman–Crippen LogP) is 2.45. The number of hydrogen-bond acceptors (Lipinski definition) is 5. The van der Waals surface area contributed by atoms with Crippen LogP contribution in [-0.2, 0) is 0 Å². The molecule has 0 amide bonds. The lowest BCUT2D eigenvalue weighted by Crippen LogP contribution is -2.49. The Labute approximate surface area is 141 Å². The predicted molar refractivity (Wildman–Crippen MR) is 96.0 cm³/mol. The van der Waals surface area contributed by atoms with Crippen molar-refractivity contribution in [2.75, 3.05) is 25.0 Å². The first-order valence-electron chi connectivity index (χ1n) is 8.42. The van der Waals surface area contributed by atoms with Crippen LogP contribution in [0.25, 0.3) is 22.3 Å². The zero-order chi connectivity index (χ0) is 16.5. The fourth-order valence-corrected chi connectivity index (χ4v) is 3.52. The number of rotatable bonds is 3. The number of nitrogens with one attached hydrogen (secondary N) is 2. The van der Waals surface area contributed by atoms with Crippen LogP contribution in [0, 0.1) is 5.92 Å². The van der Waals surface area contributed by atoms with Crippen molar-refractivity contribution in [2.24, 2.45) is 5.92 Å². The summed E-state index contributed by atoms with van der Waals surface area (Å²) in [7, 11) is 2.12. The number of fused-ring (bicyclic) bond motifs is 1. The van der Waals surface area contributed by atoms with Gasteiger partial charge in [0, 0.05) is 49.0 Å². The SMILES string of the molecule is CC1CCNCC1N(C)c1cc(-c2c[nH]c3ncccc23)ncn1. The van der Waals surface area contributed by atoms with E-state index in [4.69, 9.17) is 0 Å². The monoisotopic (exact) mass is 322 g/mol. The van der Waals surface area contributed by atoms with E-state index < -0.39 is 0 Å². The minimum Gasteiger partial charge on any atom is -0.355 e. The molecule has 4 rings (SSSR count). The van der Waals surface area contributed by atoms with Gasteiger partial charge in [0.25, 0.3) is 0 Å². The van der Waals surface area contributed by atoms with Gasteiger partial charge in [-0.25, -0.2) is 15.0 Å². The average molecular weight is 322 g/mol. The first-order chi connectivity index (χ1) is 11.7. The first-order valence-corrected chi connectivity index (χ1v) is 8.42. The summed E-state index contributed by atoms with van der Waals surface area (Å²) in [5.41, 5.74) is 2.86. The summed E-state index contributed by atoms with van der Waals surface area (Å²) in [6.45, 7) is 4.41. The molecular weight excluding hydrogens is 300 g/mol. The molecule has 24 heavy (non-hydrogen) atoms. The Morgan fingerprint density at radius 1 is 1.25 bits per heavy atom. The maximum Gasteiger partial charge on any atom is 0.137 e. The van der Waals surface area contributed by atoms with Crippen molar-refractivity contribution in [3.05, 3.63) is 36.9 Å². The van der Waals surface area contributed by atoms with Crippen LogP contribution in [0.4, 0.5) is 5.82 Å². The Hall–Kier alpha value is -2.47. The summed E-state index contributed by atoms with van der Waals surface area (Å²) < 4.78 is 0. The minimum absolute atomic E-state index is 0.450.